The number of carboxylic acid groups (broad SMARTS) is 1. The SMILES string of the molecule is O=C(O)Cn1cc(NS(=O)(=O)c2cccc(F)c2)cn1. The lowest BCUT2D eigenvalue weighted by atomic mass is 10.4. The lowest BCUT2D eigenvalue weighted by Crippen LogP contribution is -2.13. The largest absolute Gasteiger partial charge is 0.480 e. The molecule has 0 unspecified atom stereocenters. The summed E-state index contributed by atoms with van der Waals surface area (Å²) in [6.07, 6.45) is 2.39. The number of hydrogen-bond donors (Lipinski definition) is 2. The predicted molar refractivity (Wildman–Crippen MR) is 67.1 cm³/mol. The number of carbonyl (C=O) groups is 1. The molecule has 0 bridgehead atoms. The fraction of sp³-hybridized carbons (Fsp3) is 0.0909. The molecule has 0 amide bonds. The van der Waals surface area contributed by atoms with E-state index in [2.05, 4.69) is 9.82 Å². The van der Waals surface area contributed by atoms with Gasteiger partial charge in [-0.15, -0.1) is 0 Å². The van der Waals surface area contributed by atoms with E-state index in [-0.39, 0.29) is 17.1 Å². The van der Waals surface area contributed by atoms with Crippen LogP contribution in [0.2, 0.25) is 0 Å². The van der Waals surface area contributed by atoms with Gasteiger partial charge in [0.15, 0.2) is 0 Å². The summed E-state index contributed by atoms with van der Waals surface area (Å²) in [6.45, 7) is -0.387. The summed E-state index contributed by atoms with van der Waals surface area (Å²) in [6, 6.07) is 4.53. The lowest BCUT2D eigenvalue weighted by molar-refractivity contribution is -0.137. The molecule has 0 atom stereocenters. The van der Waals surface area contributed by atoms with Crippen molar-refractivity contribution in [1.29, 1.82) is 0 Å². The number of nitrogens with one attached hydrogen (secondary N) is 1. The van der Waals surface area contributed by atoms with Gasteiger partial charge in [0.1, 0.15) is 12.4 Å². The molecular weight excluding hydrogens is 289 g/mol. The van der Waals surface area contributed by atoms with Crippen LogP contribution in [-0.4, -0.2) is 29.3 Å². The highest BCUT2D eigenvalue weighted by molar-refractivity contribution is 7.92. The number of carboxylic acids is 1. The van der Waals surface area contributed by atoms with Gasteiger partial charge in [0.25, 0.3) is 10.0 Å². The molecule has 2 N–H and O–H groups in total. The van der Waals surface area contributed by atoms with Gasteiger partial charge >= 0.3 is 5.97 Å². The van der Waals surface area contributed by atoms with Crippen LogP contribution in [0.4, 0.5) is 10.1 Å². The maximum Gasteiger partial charge on any atom is 0.325 e. The van der Waals surface area contributed by atoms with Crippen LogP contribution in [0.3, 0.4) is 0 Å². The van der Waals surface area contributed by atoms with Crippen molar-refractivity contribution in [1.82, 2.24) is 9.78 Å². The zero-order valence-electron chi connectivity index (χ0n) is 10.0. The molecule has 1 aromatic heterocycles. The monoisotopic (exact) mass is 299 g/mol. The molecule has 106 valence electrons. The van der Waals surface area contributed by atoms with Crippen LogP contribution in [0.25, 0.3) is 0 Å². The maximum atomic E-state index is 13.0. The minimum Gasteiger partial charge on any atom is -0.480 e. The second-order valence-corrected chi connectivity index (χ2v) is 5.57. The number of rotatable bonds is 5. The number of anilines is 1. The summed E-state index contributed by atoms with van der Waals surface area (Å²) in [7, 11) is -3.94. The Kier molecular flexibility index (Phi) is 3.70. The van der Waals surface area contributed by atoms with Crippen LogP contribution in [0.1, 0.15) is 0 Å². The highest BCUT2D eigenvalue weighted by Crippen LogP contribution is 2.16. The normalized spacial score (nSPS) is 11.2. The molecule has 1 aromatic carbocycles. The van der Waals surface area contributed by atoms with Crippen molar-refractivity contribution in [3.05, 3.63) is 42.5 Å². The van der Waals surface area contributed by atoms with E-state index < -0.39 is 21.8 Å². The van der Waals surface area contributed by atoms with Crippen molar-refractivity contribution in [2.75, 3.05) is 4.72 Å². The smallest absolute Gasteiger partial charge is 0.325 e. The van der Waals surface area contributed by atoms with E-state index in [1.807, 2.05) is 0 Å². The molecule has 1 heterocycles. The Morgan fingerprint density at radius 1 is 1.45 bits per heavy atom. The lowest BCUT2D eigenvalue weighted by Gasteiger charge is -2.05. The van der Waals surface area contributed by atoms with Crippen LogP contribution >= 0.6 is 0 Å². The Hall–Kier alpha value is -2.42. The highest BCUT2D eigenvalue weighted by Gasteiger charge is 2.16. The molecule has 0 fully saturated rings. The molecule has 2 aromatic rings. The van der Waals surface area contributed by atoms with Gasteiger partial charge in [-0.2, -0.15) is 5.10 Å². The quantitative estimate of drug-likeness (QED) is 0.854. The fourth-order valence-corrected chi connectivity index (χ4v) is 2.55. The van der Waals surface area contributed by atoms with E-state index in [1.54, 1.807) is 0 Å². The Labute approximate surface area is 113 Å². The maximum absolute atomic E-state index is 13.0. The third kappa shape index (κ3) is 3.32. The minimum atomic E-state index is -3.94. The first-order chi connectivity index (χ1) is 9.37. The van der Waals surface area contributed by atoms with E-state index in [1.165, 1.54) is 24.5 Å². The summed E-state index contributed by atoms with van der Waals surface area (Å²) < 4.78 is 40.2. The van der Waals surface area contributed by atoms with Gasteiger partial charge < -0.3 is 5.11 Å². The van der Waals surface area contributed by atoms with Crippen LogP contribution in [0.5, 0.6) is 0 Å². The molecule has 0 aliphatic carbocycles. The first kappa shape index (κ1) is 14.0. The standard InChI is InChI=1S/C11H10FN3O4S/c12-8-2-1-3-10(4-8)20(18,19)14-9-5-13-15(6-9)7-11(16)17/h1-6,14H,7H2,(H,16,17). The van der Waals surface area contributed by atoms with Gasteiger partial charge in [0.2, 0.25) is 0 Å². The summed E-state index contributed by atoms with van der Waals surface area (Å²) in [5.74, 6) is -1.78. The van der Waals surface area contributed by atoms with Gasteiger partial charge in [-0.25, -0.2) is 12.8 Å². The second-order valence-electron chi connectivity index (χ2n) is 3.88. The van der Waals surface area contributed by atoms with Gasteiger partial charge in [-0.05, 0) is 18.2 Å². The third-order valence-electron chi connectivity index (χ3n) is 2.29. The first-order valence-corrected chi connectivity index (χ1v) is 6.88. The van der Waals surface area contributed by atoms with Gasteiger partial charge in [-0.1, -0.05) is 6.07 Å². The van der Waals surface area contributed by atoms with E-state index >= 15 is 0 Å². The van der Waals surface area contributed by atoms with E-state index in [0.717, 1.165) is 16.8 Å². The van der Waals surface area contributed by atoms with Crippen LogP contribution < -0.4 is 4.72 Å². The molecule has 0 aliphatic rings. The van der Waals surface area contributed by atoms with Crippen molar-refractivity contribution < 1.29 is 22.7 Å². The van der Waals surface area contributed by atoms with Crippen molar-refractivity contribution in [3.63, 3.8) is 0 Å². The molecule has 0 saturated heterocycles. The number of halogens is 1. The Bertz CT molecular complexity index is 742. The van der Waals surface area contributed by atoms with E-state index in [9.17, 15) is 17.6 Å². The number of aliphatic carboxylic acids is 1. The number of sulfonamides is 1. The van der Waals surface area contributed by atoms with Gasteiger partial charge in [0.05, 0.1) is 16.8 Å². The zero-order chi connectivity index (χ0) is 14.8. The summed E-state index contributed by atoms with van der Waals surface area (Å²) in [5, 5.41) is 12.3. The van der Waals surface area contributed by atoms with Crippen molar-refractivity contribution >= 4 is 21.7 Å². The number of hydrogen-bond acceptors (Lipinski definition) is 4. The zero-order valence-corrected chi connectivity index (χ0v) is 10.8. The minimum absolute atomic E-state index is 0.0931. The third-order valence-corrected chi connectivity index (χ3v) is 3.67. The van der Waals surface area contributed by atoms with Gasteiger partial charge in [-0.3, -0.25) is 14.2 Å². The first-order valence-electron chi connectivity index (χ1n) is 5.39. The Morgan fingerprint density at radius 3 is 2.85 bits per heavy atom. The molecule has 20 heavy (non-hydrogen) atoms. The average Bonchev–Trinajstić information content (AvgIpc) is 2.74. The summed E-state index contributed by atoms with van der Waals surface area (Å²) in [4.78, 5) is 10.2. The van der Waals surface area contributed by atoms with Crippen LogP contribution in [-0.2, 0) is 21.4 Å². The topological polar surface area (TPSA) is 101 Å². The predicted octanol–water partition coefficient (Wildman–Crippen LogP) is 0.908. The van der Waals surface area contributed by atoms with E-state index in [0.29, 0.717) is 0 Å². The molecule has 0 saturated carbocycles. The average molecular weight is 299 g/mol. The summed E-state index contributed by atoms with van der Waals surface area (Å²) in [5.41, 5.74) is 0.0931. The Morgan fingerprint density at radius 2 is 2.20 bits per heavy atom. The molecule has 7 nitrogen and oxygen atoms in total. The second kappa shape index (κ2) is 5.29. The molecular formula is C11H10FN3O4S. The molecule has 0 aliphatic heterocycles. The molecule has 0 radical (unpaired) electrons. The number of aromatic nitrogens is 2. The Balaban J connectivity index is 2.20. The van der Waals surface area contributed by atoms with Crippen molar-refractivity contribution in [2.24, 2.45) is 0 Å². The molecule has 0 spiro atoms. The number of benzene rings is 1. The molecule has 9 heteroatoms. The highest BCUT2D eigenvalue weighted by atomic mass is 32.2. The van der Waals surface area contributed by atoms with Crippen molar-refractivity contribution in [3.8, 4) is 0 Å². The fourth-order valence-electron chi connectivity index (χ4n) is 1.49. The number of nitrogens with zero attached hydrogens (tertiary/aromatic N) is 2. The van der Waals surface area contributed by atoms with Crippen molar-refractivity contribution in [2.45, 2.75) is 11.4 Å². The van der Waals surface area contributed by atoms with E-state index in [4.69, 9.17) is 5.11 Å². The van der Waals surface area contributed by atoms with Crippen LogP contribution in [0, 0.1) is 5.82 Å². The summed E-state index contributed by atoms with van der Waals surface area (Å²) >= 11 is 0. The van der Waals surface area contributed by atoms with Gasteiger partial charge in [0, 0.05) is 6.20 Å². The van der Waals surface area contributed by atoms with Crippen LogP contribution in [0.15, 0.2) is 41.6 Å². The molecule has 2 rings (SSSR count).